The quantitative estimate of drug-likeness (QED) is 0.711. The highest BCUT2D eigenvalue weighted by Crippen LogP contribution is 2.19. The Morgan fingerprint density at radius 1 is 1.00 bits per heavy atom. The molecule has 0 saturated heterocycles. The molecule has 19 heavy (non-hydrogen) atoms. The van der Waals surface area contributed by atoms with Gasteiger partial charge in [-0.2, -0.15) is 5.10 Å². The molecule has 0 saturated carbocycles. The van der Waals surface area contributed by atoms with E-state index in [4.69, 9.17) is 4.74 Å². The van der Waals surface area contributed by atoms with Gasteiger partial charge in [0.2, 0.25) is 5.88 Å². The molecule has 0 aliphatic heterocycles. The molecule has 0 aromatic carbocycles. The number of aromatic nitrogens is 5. The summed E-state index contributed by atoms with van der Waals surface area (Å²) in [4.78, 5) is 12.5. The summed E-state index contributed by atoms with van der Waals surface area (Å²) in [6.45, 7) is 0. The molecule has 0 N–H and O–H groups in total. The maximum absolute atomic E-state index is 5.04. The van der Waals surface area contributed by atoms with E-state index in [1.165, 1.54) is 0 Å². The first kappa shape index (κ1) is 11.3. The van der Waals surface area contributed by atoms with Crippen molar-refractivity contribution < 1.29 is 4.74 Å². The summed E-state index contributed by atoms with van der Waals surface area (Å²) in [6.07, 6.45) is 8.41. The third-order valence-electron chi connectivity index (χ3n) is 2.64. The Morgan fingerprint density at radius 3 is 2.63 bits per heavy atom. The molecule has 6 heteroatoms. The van der Waals surface area contributed by atoms with Crippen molar-refractivity contribution in [3.63, 3.8) is 0 Å². The summed E-state index contributed by atoms with van der Waals surface area (Å²) >= 11 is 0. The summed E-state index contributed by atoms with van der Waals surface area (Å²) in [6, 6.07) is 5.56. The van der Waals surface area contributed by atoms with Gasteiger partial charge in [0.1, 0.15) is 5.69 Å². The molecule has 0 atom stereocenters. The summed E-state index contributed by atoms with van der Waals surface area (Å²) in [5.41, 5.74) is 2.46. The van der Waals surface area contributed by atoms with Gasteiger partial charge < -0.3 is 4.74 Å². The summed E-state index contributed by atoms with van der Waals surface area (Å²) in [7, 11) is 1.58. The molecule has 94 valence electrons. The first-order valence-electron chi connectivity index (χ1n) is 5.69. The van der Waals surface area contributed by atoms with Crippen LogP contribution in [0.25, 0.3) is 17.1 Å². The smallest absolute Gasteiger partial charge is 0.213 e. The van der Waals surface area contributed by atoms with Gasteiger partial charge >= 0.3 is 0 Å². The maximum Gasteiger partial charge on any atom is 0.213 e. The van der Waals surface area contributed by atoms with Crippen molar-refractivity contribution >= 4 is 0 Å². The van der Waals surface area contributed by atoms with Gasteiger partial charge in [-0.15, -0.1) is 0 Å². The van der Waals surface area contributed by atoms with Gasteiger partial charge in [0.05, 0.1) is 37.1 Å². The topological polar surface area (TPSA) is 65.7 Å². The van der Waals surface area contributed by atoms with Crippen LogP contribution in [0.15, 0.2) is 49.2 Å². The molecule has 0 bridgehead atoms. The highest BCUT2D eigenvalue weighted by atomic mass is 16.5. The van der Waals surface area contributed by atoms with Crippen LogP contribution in [0.4, 0.5) is 0 Å². The number of hydrogen-bond donors (Lipinski definition) is 0. The molecule has 0 spiro atoms. The van der Waals surface area contributed by atoms with Crippen LogP contribution in [0.3, 0.4) is 0 Å². The van der Waals surface area contributed by atoms with Crippen LogP contribution in [0, 0.1) is 0 Å². The third kappa shape index (κ3) is 2.15. The van der Waals surface area contributed by atoms with Crippen molar-refractivity contribution in [1.82, 2.24) is 24.7 Å². The SMILES string of the molecule is COc1ccc(-n2nccc2-c2cnccn2)cn1. The highest BCUT2D eigenvalue weighted by Gasteiger charge is 2.08. The van der Waals surface area contributed by atoms with Crippen LogP contribution in [0.5, 0.6) is 5.88 Å². The second-order valence-corrected chi connectivity index (χ2v) is 3.78. The Morgan fingerprint density at radius 2 is 1.95 bits per heavy atom. The molecule has 3 aromatic heterocycles. The first-order valence-corrected chi connectivity index (χ1v) is 5.69. The predicted molar refractivity (Wildman–Crippen MR) is 68.9 cm³/mol. The normalized spacial score (nSPS) is 10.4. The number of hydrogen-bond acceptors (Lipinski definition) is 5. The zero-order chi connectivity index (χ0) is 13.1. The lowest BCUT2D eigenvalue weighted by Gasteiger charge is -2.06. The average molecular weight is 253 g/mol. The van der Waals surface area contributed by atoms with Crippen molar-refractivity contribution in [2.75, 3.05) is 7.11 Å². The molecular formula is C13H11N5O. The average Bonchev–Trinajstić information content (AvgIpc) is 2.98. The number of rotatable bonds is 3. The van der Waals surface area contributed by atoms with E-state index in [2.05, 4.69) is 20.1 Å². The van der Waals surface area contributed by atoms with Gasteiger partial charge in [-0.3, -0.25) is 9.97 Å². The number of pyridine rings is 1. The number of nitrogens with zero attached hydrogens (tertiary/aromatic N) is 5. The van der Waals surface area contributed by atoms with Crippen molar-refractivity contribution in [2.24, 2.45) is 0 Å². The van der Waals surface area contributed by atoms with Crippen molar-refractivity contribution in [3.05, 3.63) is 49.2 Å². The minimum Gasteiger partial charge on any atom is -0.481 e. The first-order chi connectivity index (χ1) is 9.38. The lowest BCUT2D eigenvalue weighted by atomic mass is 10.3. The zero-order valence-electron chi connectivity index (χ0n) is 10.3. The second-order valence-electron chi connectivity index (χ2n) is 3.78. The lowest BCUT2D eigenvalue weighted by molar-refractivity contribution is 0.397. The van der Waals surface area contributed by atoms with E-state index < -0.39 is 0 Å². The van der Waals surface area contributed by atoms with Crippen LogP contribution < -0.4 is 4.74 Å². The fourth-order valence-corrected chi connectivity index (χ4v) is 1.75. The third-order valence-corrected chi connectivity index (χ3v) is 2.64. The molecule has 0 unspecified atom stereocenters. The summed E-state index contributed by atoms with van der Waals surface area (Å²) in [5.74, 6) is 0.567. The van der Waals surface area contributed by atoms with Gasteiger partial charge in [0.15, 0.2) is 0 Å². The second kappa shape index (κ2) is 4.85. The molecule has 3 heterocycles. The molecule has 3 aromatic rings. The molecular weight excluding hydrogens is 242 g/mol. The van der Waals surface area contributed by atoms with Gasteiger partial charge in [0, 0.05) is 18.5 Å². The molecule has 6 nitrogen and oxygen atoms in total. The molecule has 0 radical (unpaired) electrons. The van der Waals surface area contributed by atoms with Crippen molar-refractivity contribution in [3.8, 4) is 23.0 Å². The van der Waals surface area contributed by atoms with Crippen LogP contribution in [0.2, 0.25) is 0 Å². The molecule has 0 amide bonds. The highest BCUT2D eigenvalue weighted by molar-refractivity contribution is 5.56. The summed E-state index contributed by atoms with van der Waals surface area (Å²) < 4.78 is 6.80. The minimum absolute atomic E-state index is 0.567. The number of ether oxygens (including phenoxy) is 1. The van der Waals surface area contributed by atoms with E-state index in [1.54, 1.807) is 48.8 Å². The largest absolute Gasteiger partial charge is 0.481 e. The fourth-order valence-electron chi connectivity index (χ4n) is 1.75. The predicted octanol–water partition coefficient (Wildman–Crippen LogP) is 1.73. The van der Waals surface area contributed by atoms with Gasteiger partial charge in [0.25, 0.3) is 0 Å². The van der Waals surface area contributed by atoms with Crippen molar-refractivity contribution in [1.29, 1.82) is 0 Å². The van der Waals surface area contributed by atoms with Gasteiger partial charge in [-0.1, -0.05) is 0 Å². The van der Waals surface area contributed by atoms with E-state index in [9.17, 15) is 0 Å². The lowest BCUT2D eigenvalue weighted by Crippen LogP contribution is -2.01. The van der Waals surface area contributed by atoms with Gasteiger partial charge in [-0.25, -0.2) is 9.67 Å². The molecule has 0 fully saturated rings. The van der Waals surface area contributed by atoms with Crippen LogP contribution in [-0.2, 0) is 0 Å². The standard InChI is InChI=1S/C13H11N5O/c1-19-13-3-2-10(8-16-13)18-12(4-5-17-18)11-9-14-6-7-15-11/h2-9H,1H3. The maximum atomic E-state index is 5.04. The number of methoxy groups -OCH3 is 1. The Labute approximate surface area is 109 Å². The van der Waals surface area contributed by atoms with Crippen molar-refractivity contribution in [2.45, 2.75) is 0 Å². The zero-order valence-corrected chi connectivity index (χ0v) is 10.3. The fraction of sp³-hybridized carbons (Fsp3) is 0.0769. The molecule has 0 aliphatic rings. The van der Waals surface area contributed by atoms with Crippen LogP contribution >= 0.6 is 0 Å². The minimum atomic E-state index is 0.567. The van der Waals surface area contributed by atoms with E-state index in [0.717, 1.165) is 17.1 Å². The van der Waals surface area contributed by atoms with Crippen LogP contribution in [0.1, 0.15) is 0 Å². The Kier molecular flexibility index (Phi) is 2.89. The van der Waals surface area contributed by atoms with E-state index in [1.807, 2.05) is 12.1 Å². The Hall–Kier alpha value is -2.76. The van der Waals surface area contributed by atoms with E-state index >= 15 is 0 Å². The Balaban J connectivity index is 2.04. The van der Waals surface area contributed by atoms with Gasteiger partial charge in [-0.05, 0) is 12.1 Å². The molecule has 0 aliphatic carbocycles. The monoisotopic (exact) mass is 253 g/mol. The van der Waals surface area contributed by atoms with E-state index in [-0.39, 0.29) is 0 Å². The summed E-state index contributed by atoms with van der Waals surface area (Å²) in [5, 5.41) is 4.29. The molecule has 3 rings (SSSR count). The Bertz CT molecular complexity index is 663. The van der Waals surface area contributed by atoms with E-state index in [0.29, 0.717) is 5.88 Å². The van der Waals surface area contributed by atoms with Crippen LogP contribution in [-0.4, -0.2) is 31.8 Å².